The monoisotopic (exact) mass is 571 g/mol. The van der Waals surface area contributed by atoms with Gasteiger partial charge >= 0.3 is 0 Å². The molecule has 2 aromatic rings. The van der Waals surface area contributed by atoms with Gasteiger partial charge in [-0.1, -0.05) is 12.8 Å². The maximum atomic E-state index is 12.8. The molecule has 1 amide bonds. The highest BCUT2D eigenvalue weighted by Crippen LogP contribution is 2.38. The van der Waals surface area contributed by atoms with Crippen LogP contribution in [0.2, 0.25) is 0 Å². The summed E-state index contributed by atoms with van der Waals surface area (Å²) in [6, 6.07) is 7.91. The van der Waals surface area contributed by atoms with E-state index in [1.54, 1.807) is 23.3 Å². The van der Waals surface area contributed by atoms with E-state index in [1.165, 1.54) is 0 Å². The van der Waals surface area contributed by atoms with Gasteiger partial charge in [0.2, 0.25) is 5.91 Å². The second kappa shape index (κ2) is 12.4. The van der Waals surface area contributed by atoms with Crippen LogP contribution in [0.25, 0.3) is 10.6 Å². The quantitative estimate of drug-likeness (QED) is 0.283. The molecule has 0 radical (unpaired) electrons. The minimum Gasteiger partial charge on any atom is -0.497 e. The fourth-order valence-corrected chi connectivity index (χ4v) is 4.81. The molecule has 1 aromatic heterocycles. The van der Waals surface area contributed by atoms with Crippen molar-refractivity contribution >= 4 is 47.2 Å². The summed E-state index contributed by atoms with van der Waals surface area (Å²) < 4.78 is 5.22. The number of amides is 1. The Morgan fingerprint density at radius 3 is 2.50 bits per heavy atom. The van der Waals surface area contributed by atoms with E-state index in [-0.39, 0.29) is 35.3 Å². The molecular formula is C23H34IN5O2S. The summed E-state index contributed by atoms with van der Waals surface area (Å²) in [4.78, 5) is 24.0. The summed E-state index contributed by atoms with van der Waals surface area (Å²) in [5.41, 5.74) is 1.66. The summed E-state index contributed by atoms with van der Waals surface area (Å²) in [5.74, 6) is 1.76. The van der Waals surface area contributed by atoms with E-state index in [4.69, 9.17) is 14.7 Å². The Labute approximate surface area is 212 Å². The number of carbonyl (C=O) groups excluding carboxylic acids is 1. The molecule has 0 bridgehead atoms. The van der Waals surface area contributed by atoms with Crippen molar-refractivity contribution in [3.63, 3.8) is 0 Å². The molecule has 1 aromatic carbocycles. The second-order valence-corrected chi connectivity index (χ2v) is 8.97. The molecule has 0 unspecified atom stereocenters. The lowest BCUT2D eigenvalue weighted by Crippen LogP contribution is -2.49. The summed E-state index contributed by atoms with van der Waals surface area (Å²) in [6.07, 6.45) is 4.05. The SMILES string of the molecule is CCNC(=NCc1csc(-c2ccc(OC)cc2)n1)NCC1(C(=O)N(C)C)CCCC1.I. The lowest BCUT2D eigenvalue weighted by atomic mass is 9.84. The molecule has 1 heterocycles. The second-order valence-electron chi connectivity index (χ2n) is 8.11. The highest BCUT2D eigenvalue weighted by molar-refractivity contribution is 14.0. The third-order valence-corrected chi connectivity index (χ3v) is 6.59. The highest BCUT2D eigenvalue weighted by atomic mass is 127. The summed E-state index contributed by atoms with van der Waals surface area (Å²) in [6.45, 7) is 3.88. The highest BCUT2D eigenvalue weighted by Gasteiger charge is 2.42. The van der Waals surface area contributed by atoms with E-state index in [0.29, 0.717) is 13.1 Å². The van der Waals surface area contributed by atoms with Crippen molar-refractivity contribution in [3.8, 4) is 16.3 Å². The largest absolute Gasteiger partial charge is 0.497 e. The number of nitrogens with zero attached hydrogens (tertiary/aromatic N) is 3. The van der Waals surface area contributed by atoms with Crippen LogP contribution in [-0.2, 0) is 11.3 Å². The fraction of sp³-hybridized carbons (Fsp3) is 0.522. The lowest BCUT2D eigenvalue weighted by Gasteiger charge is -2.31. The van der Waals surface area contributed by atoms with Crippen molar-refractivity contribution in [1.29, 1.82) is 0 Å². The molecule has 2 N–H and O–H groups in total. The van der Waals surface area contributed by atoms with Crippen LogP contribution in [0.1, 0.15) is 38.3 Å². The first-order valence-corrected chi connectivity index (χ1v) is 11.7. The van der Waals surface area contributed by atoms with Crippen molar-refractivity contribution < 1.29 is 9.53 Å². The molecule has 1 fully saturated rings. The number of aliphatic imine (C=N–C) groups is 1. The first-order valence-electron chi connectivity index (χ1n) is 10.8. The van der Waals surface area contributed by atoms with Gasteiger partial charge in [0.25, 0.3) is 0 Å². The van der Waals surface area contributed by atoms with E-state index in [9.17, 15) is 4.79 Å². The molecule has 0 saturated heterocycles. The van der Waals surface area contributed by atoms with Crippen molar-refractivity contribution in [3.05, 3.63) is 35.3 Å². The molecule has 0 aliphatic heterocycles. The van der Waals surface area contributed by atoms with Crippen LogP contribution < -0.4 is 15.4 Å². The molecule has 7 nitrogen and oxygen atoms in total. The molecule has 32 heavy (non-hydrogen) atoms. The third-order valence-electron chi connectivity index (χ3n) is 5.65. The van der Waals surface area contributed by atoms with E-state index >= 15 is 0 Å². The molecule has 0 spiro atoms. The normalized spacial score (nSPS) is 15.1. The van der Waals surface area contributed by atoms with Crippen LogP contribution in [0.5, 0.6) is 5.75 Å². The number of ether oxygens (including phenoxy) is 1. The van der Waals surface area contributed by atoms with E-state index < -0.39 is 0 Å². The zero-order valence-electron chi connectivity index (χ0n) is 19.3. The average Bonchev–Trinajstić information content (AvgIpc) is 3.46. The first kappa shape index (κ1) is 26.4. The van der Waals surface area contributed by atoms with Crippen molar-refractivity contribution in [2.24, 2.45) is 10.4 Å². The van der Waals surface area contributed by atoms with Crippen LogP contribution in [0.4, 0.5) is 0 Å². The van der Waals surface area contributed by atoms with Gasteiger partial charge in [0, 0.05) is 38.1 Å². The Balaban J connectivity index is 0.00000363. The number of hydrogen-bond donors (Lipinski definition) is 2. The van der Waals surface area contributed by atoms with Crippen molar-refractivity contribution in [1.82, 2.24) is 20.5 Å². The Hall–Kier alpha value is -1.88. The molecule has 176 valence electrons. The number of benzene rings is 1. The number of rotatable bonds is 8. The van der Waals surface area contributed by atoms with E-state index in [0.717, 1.165) is 60.2 Å². The summed E-state index contributed by atoms with van der Waals surface area (Å²) in [5, 5.41) is 9.71. The zero-order chi connectivity index (χ0) is 22.3. The van der Waals surface area contributed by atoms with Crippen molar-refractivity contribution in [2.75, 3.05) is 34.3 Å². The fourth-order valence-electron chi connectivity index (χ4n) is 3.99. The Bertz CT molecular complexity index is 892. The molecule has 3 rings (SSSR count). The number of methoxy groups -OCH3 is 1. The Morgan fingerprint density at radius 1 is 1.22 bits per heavy atom. The van der Waals surface area contributed by atoms with E-state index in [1.807, 2.05) is 50.7 Å². The van der Waals surface area contributed by atoms with Gasteiger partial charge in [-0.05, 0) is 44.0 Å². The van der Waals surface area contributed by atoms with E-state index in [2.05, 4.69) is 10.6 Å². The smallest absolute Gasteiger partial charge is 0.230 e. The minimum atomic E-state index is -0.331. The van der Waals surface area contributed by atoms with Crippen LogP contribution in [0.3, 0.4) is 0 Å². The number of carbonyl (C=O) groups is 1. The molecular weight excluding hydrogens is 537 g/mol. The van der Waals surface area contributed by atoms with Crippen LogP contribution in [-0.4, -0.2) is 56.0 Å². The number of thiazole rings is 1. The minimum absolute atomic E-state index is 0. The van der Waals surface area contributed by atoms with Crippen molar-refractivity contribution in [2.45, 2.75) is 39.2 Å². The van der Waals surface area contributed by atoms with Gasteiger partial charge in [0.15, 0.2) is 5.96 Å². The van der Waals surface area contributed by atoms with Gasteiger partial charge < -0.3 is 20.3 Å². The number of hydrogen-bond acceptors (Lipinski definition) is 5. The van der Waals surface area contributed by atoms with Gasteiger partial charge in [0.05, 0.1) is 24.8 Å². The van der Waals surface area contributed by atoms with Gasteiger partial charge in [-0.25, -0.2) is 9.98 Å². The van der Waals surface area contributed by atoms with Gasteiger partial charge in [-0.3, -0.25) is 4.79 Å². The molecule has 1 saturated carbocycles. The first-order chi connectivity index (χ1) is 15.0. The topological polar surface area (TPSA) is 78.9 Å². The van der Waals surface area contributed by atoms with Gasteiger partial charge in [-0.15, -0.1) is 35.3 Å². The molecule has 1 aliphatic rings. The molecule has 0 atom stereocenters. The molecule has 1 aliphatic carbocycles. The predicted molar refractivity (Wildman–Crippen MR) is 142 cm³/mol. The predicted octanol–water partition coefficient (Wildman–Crippen LogP) is 4.14. The third kappa shape index (κ3) is 6.57. The number of guanidine groups is 1. The van der Waals surface area contributed by atoms with Gasteiger partial charge in [0.1, 0.15) is 10.8 Å². The average molecular weight is 572 g/mol. The zero-order valence-corrected chi connectivity index (χ0v) is 22.5. The standard InChI is InChI=1S/C23H33N5O2S.HI/c1-5-24-22(26-16-23(12-6-7-13-23)21(29)28(2)3)25-14-18-15-31-20(27-18)17-8-10-19(30-4)11-9-17;/h8-11,15H,5-7,12-14,16H2,1-4H3,(H2,24,25,26);1H. The summed E-state index contributed by atoms with van der Waals surface area (Å²) >= 11 is 1.61. The summed E-state index contributed by atoms with van der Waals surface area (Å²) in [7, 11) is 5.34. The Kier molecular flexibility index (Phi) is 10.2. The number of aromatic nitrogens is 1. The van der Waals surface area contributed by atoms with Crippen LogP contribution >= 0.6 is 35.3 Å². The maximum absolute atomic E-state index is 12.8. The number of nitrogens with one attached hydrogen (secondary N) is 2. The number of halogens is 1. The van der Waals surface area contributed by atoms with Crippen LogP contribution in [0.15, 0.2) is 34.6 Å². The Morgan fingerprint density at radius 2 is 1.91 bits per heavy atom. The van der Waals surface area contributed by atoms with Crippen LogP contribution in [0, 0.1) is 5.41 Å². The lowest BCUT2D eigenvalue weighted by molar-refractivity contribution is -0.138. The maximum Gasteiger partial charge on any atom is 0.230 e. The molecule has 9 heteroatoms. The van der Waals surface area contributed by atoms with Gasteiger partial charge in [-0.2, -0.15) is 0 Å².